The van der Waals surface area contributed by atoms with Crippen LogP contribution in [0.5, 0.6) is 0 Å². The summed E-state index contributed by atoms with van der Waals surface area (Å²) in [6.45, 7) is 6.31. The van der Waals surface area contributed by atoms with Crippen molar-refractivity contribution in [1.82, 2.24) is 0 Å². The van der Waals surface area contributed by atoms with Crippen molar-refractivity contribution >= 4 is 39.9 Å². The first kappa shape index (κ1) is 16.9. The Bertz CT molecular complexity index is 402. The summed E-state index contributed by atoms with van der Waals surface area (Å²) in [5.41, 5.74) is 1.43. The highest BCUT2D eigenvalue weighted by molar-refractivity contribution is 8.75. The Balaban J connectivity index is 0.000000331. The zero-order valence-corrected chi connectivity index (χ0v) is 12.1. The molecule has 0 atom stereocenters. The fourth-order valence-corrected chi connectivity index (χ4v) is 2.24. The Morgan fingerprint density at radius 2 is 1.67 bits per heavy atom. The minimum atomic E-state index is 0.204. The molecule has 1 aliphatic rings. The third kappa shape index (κ3) is 8.96. The number of hydrogen-bond acceptors (Lipinski definition) is 7. The van der Waals surface area contributed by atoms with Gasteiger partial charge in [-0.25, -0.2) is 9.59 Å². The highest BCUT2D eigenvalue weighted by atomic mass is 33.1. The van der Waals surface area contributed by atoms with Crippen LogP contribution in [0.4, 0.5) is 0 Å². The molecule has 0 fully saturated rings. The van der Waals surface area contributed by atoms with E-state index in [2.05, 4.69) is 22.6 Å². The number of ketones is 1. The van der Waals surface area contributed by atoms with Crippen molar-refractivity contribution in [3.63, 3.8) is 0 Å². The quantitative estimate of drug-likeness (QED) is 0.262. The third-order valence-corrected chi connectivity index (χ3v) is 3.01. The van der Waals surface area contributed by atoms with Crippen molar-refractivity contribution in [3.05, 3.63) is 11.6 Å². The normalized spacial score (nSPS) is 16.4. The fourth-order valence-electron chi connectivity index (χ4n) is 1.73. The van der Waals surface area contributed by atoms with Crippen molar-refractivity contribution in [2.75, 3.05) is 0 Å². The minimum absolute atomic E-state index is 0.204. The molecule has 0 saturated carbocycles. The van der Waals surface area contributed by atoms with Gasteiger partial charge in [-0.1, -0.05) is 19.4 Å². The van der Waals surface area contributed by atoms with E-state index in [4.69, 9.17) is 0 Å². The summed E-state index contributed by atoms with van der Waals surface area (Å²) in [4.78, 5) is 29.6. The van der Waals surface area contributed by atoms with E-state index in [-0.39, 0.29) is 11.2 Å². The first-order valence-electron chi connectivity index (χ1n) is 5.08. The van der Waals surface area contributed by atoms with Crippen molar-refractivity contribution < 1.29 is 14.4 Å². The molecule has 0 unspecified atom stereocenters. The number of hydrogen-bond donors (Lipinski definition) is 0. The molecule has 98 valence electrons. The summed E-state index contributed by atoms with van der Waals surface area (Å²) >= 11 is 0. The van der Waals surface area contributed by atoms with Gasteiger partial charge >= 0.3 is 0 Å². The Kier molecular flexibility index (Phi) is 8.33. The van der Waals surface area contributed by atoms with E-state index in [1.165, 1.54) is 17.7 Å². The molecule has 0 aromatic rings. The lowest BCUT2D eigenvalue weighted by Gasteiger charge is -2.27. The summed E-state index contributed by atoms with van der Waals surface area (Å²) in [5, 5.41) is 0. The van der Waals surface area contributed by atoms with Gasteiger partial charge in [-0.2, -0.15) is 0 Å². The van der Waals surface area contributed by atoms with E-state index in [1.807, 2.05) is 6.92 Å². The molecule has 0 saturated heterocycles. The van der Waals surface area contributed by atoms with Crippen LogP contribution in [0.1, 0.15) is 33.6 Å². The second-order valence-corrected chi connectivity index (χ2v) is 6.05. The fraction of sp³-hybridized carbons (Fsp3) is 0.545. The maximum Gasteiger partial charge on any atom is 0.248 e. The number of isocyanates is 2. The Morgan fingerprint density at radius 1 is 1.17 bits per heavy atom. The topological polar surface area (TPSA) is 75.9 Å². The molecule has 0 bridgehead atoms. The van der Waals surface area contributed by atoms with Crippen LogP contribution in [-0.2, 0) is 14.4 Å². The third-order valence-electron chi connectivity index (χ3n) is 2.00. The van der Waals surface area contributed by atoms with E-state index in [9.17, 15) is 14.4 Å². The van der Waals surface area contributed by atoms with Gasteiger partial charge in [-0.15, -0.1) is 8.80 Å². The van der Waals surface area contributed by atoms with Gasteiger partial charge in [0, 0.05) is 6.42 Å². The van der Waals surface area contributed by atoms with E-state index >= 15 is 0 Å². The molecule has 7 heteroatoms. The van der Waals surface area contributed by atoms with Gasteiger partial charge in [-0.3, -0.25) is 4.79 Å². The minimum Gasteiger partial charge on any atom is -0.295 e. The molecule has 0 aromatic carbocycles. The van der Waals surface area contributed by atoms with Gasteiger partial charge in [0.25, 0.3) is 0 Å². The molecule has 1 aliphatic carbocycles. The van der Waals surface area contributed by atoms with Crippen LogP contribution >= 0.6 is 22.0 Å². The predicted molar refractivity (Wildman–Crippen MR) is 73.2 cm³/mol. The van der Waals surface area contributed by atoms with Gasteiger partial charge in [0.15, 0.2) is 5.78 Å². The SMILES string of the molecule is CC1=CC(=O)CC(C)(C)C1.O=C=NSSN=C=O. The smallest absolute Gasteiger partial charge is 0.248 e. The molecule has 0 heterocycles. The summed E-state index contributed by atoms with van der Waals surface area (Å²) < 4.78 is 6.02. The maximum absolute atomic E-state index is 11.0. The van der Waals surface area contributed by atoms with Crippen molar-refractivity contribution in [2.45, 2.75) is 33.6 Å². The largest absolute Gasteiger partial charge is 0.295 e. The monoisotopic (exact) mass is 286 g/mol. The van der Waals surface area contributed by atoms with Crippen molar-refractivity contribution in [1.29, 1.82) is 0 Å². The molecule has 5 nitrogen and oxygen atoms in total. The van der Waals surface area contributed by atoms with E-state index < -0.39 is 0 Å². The van der Waals surface area contributed by atoms with Crippen LogP contribution in [0.25, 0.3) is 0 Å². The molecule has 0 aliphatic heterocycles. The molecular weight excluding hydrogens is 272 g/mol. The Morgan fingerprint density at radius 3 is 2.00 bits per heavy atom. The number of allylic oxidation sites excluding steroid dienone is 2. The van der Waals surface area contributed by atoms with Crippen molar-refractivity contribution in [3.8, 4) is 0 Å². The predicted octanol–water partition coefficient (Wildman–Crippen LogP) is 3.19. The maximum atomic E-state index is 11.0. The first-order chi connectivity index (χ1) is 8.41. The highest BCUT2D eigenvalue weighted by Crippen LogP contribution is 2.32. The van der Waals surface area contributed by atoms with Gasteiger partial charge in [0.1, 0.15) is 0 Å². The van der Waals surface area contributed by atoms with Gasteiger partial charge in [-0.05, 0) is 24.8 Å². The average molecular weight is 286 g/mol. The number of rotatable bonds is 3. The zero-order chi connectivity index (χ0) is 14.0. The number of carbonyl (C=O) groups is 1. The average Bonchev–Trinajstić information content (AvgIpc) is 2.22. The summed E-state index contributed by atoms with van der Waals surface area (Å²) in [6, 6.07) is 0. The molecule has 0 aromatic heterocycles. The van der Waals surface area contributed by atoms with Gasteiger partial charge in [0.2, 0.25) is 12.2 Å². The molecule has 18 heavy (non-hydrogen) atoms. The molecular formula is C11H14N2O3S2. The van der Waals surface area contributed by atoms with Crippen LogP contribution in [0.2, 0.25) is 0 Å². The standard InChI is InChI=1S/C9H14O.C2N2O2S2/c1-7-4-8(10)6-9(2,3)5-7;5-1-3-7-8-4-2-6/h4H,5-6H2,1-3H3;. The summed E-state index contributed by atoms with van der Waals surface area (Å²) in [6.07, 6.45) is 6.06. The van der Waals surface area contributed by atoms with Crippen LogP contribution in [0.15, 0.2) is 20.4 Å². The lowest BCUT2D eigenvalue weighted by Crippen LogP contribution is -2.20. The molecule has 1 rings (SSSR count). The zero-order valence-electron chi connectivity index (χ0n) is 10.4. The van der Waals surface area contributed by atoms with Crippen LogP contribution in [0, 0.1) is 5.41 Å². The second kappa shape index (κ2) is 8.89. The summed E-state index contributed by atoms with van der Waals surface area (Å²) in [7, 11) is 1.53. The first-order valence-corrected chi connectivity index (χ1v) is 7.15. The lowest BCUT2D eigenvalue weighted by atomic mass is 9.77. The van der Waals surface area contributed by atoms with Gasteiger partial charge < -0.3 is 0 Å². The van der Waals surface area contributed by atoms with E-state index in [0.29, 0.717) is 6.42 Å². The molecule has 0 N–H and O–H groups in total. The van der Waals surface area contributed by atoms with Crippen molar-refractivity contribution in [2.24, 2.45) is 14.2 Å². The van der Waals surface area contributed by atoms with E-state index in [1.54, 1.807) is 6.08 Å². The highest BCUT2D eigenvalue weighted by Gasteiger charge is 2.25. The van der Waals surface area contributed by atoms with E-state index in [0.717, 1.165) is 28.4 Å². The van der Waals surface area contributed by atoms with Crippen LogP contribution in [-0.4, -0.2) is 17.9 Å². The van der Waals surface area contributed by atoms with Gasteiger partial charge in [0.05, 0.1) is 22.0 Å². The molecule has 0 amide bonds. The Hall–Kier alpha value is -1.13. The molecule has 0 radical (unpaired) electrons. The van der Waals surface area contributed by atoms with Crippen LogP contribution < -0.4 is 0 Å². The Labute approximate surface area is 114 Å². The second-order valence-electron chi connectivity index (χ2n) is 4.49. The number of nitrogens with zero attached hydrogens (tertiary/aromatic N) is 2. The molecule has 0 spiro atoms. The summed E-state index contributed by atoms with van der Waals surface area (Å²) in [5.74, 6) is 0.286. The number of carbonyl (C=O) groups excluding carboxylic acids is 3. The van der Waals surface area contributed by atoms with Crippen LogP contribution in [0.3, 0.4) is 0 Å². The lowest BCUT2D eigenvalue weighted by molar-refractivity contribution is -0.117.